The molecule has 11 heavy (non-hydrogen) atoms. The summed E-state index contributed by atoms with van der Waals surface area (Å²) in [5, 5.41) is 0. The number of hydrogen-bond acceptors (Lipinski definition) is 1. The fourth-order valence-electron chi connectivity index (χ4n) is 0.972. The third-order valence-electron chi connectivity index (χ3n) is 1.39. The van der Waals surface area contributed by atoms with Crippen molar-refractivity contribution in [1.82, 2.24) is 0 Å². The van der Waals surface area contributed by atoms with Gasteiger partial charge in [-0.1, -0.05) is 30.9 Å². The van der Waals surface area contributed by atoms with E-state index in [4.69, 9.17) is 12.2 Å². The topological polar surface area (TPSA) is 0 Å². The zero-order valence-corrected chi connectivity index (χ0v) is 6.96. The highest BCUT2D eigenvalue weighted by Gasteiger charge is 2.02. The number of hydrogen-bond donors (Lipinski definition) is 0. The summed E-state index contributed by atoms with van der Waals surface area (Å²) >= 11 is 4.96. The van der Waals surface area contributed by atoms with Crippen LogP contribution in [0.15, 0.2) is 36.2 Å². The number of rotatable bonds is 2. The molecule has 0 N–H and O–H groups in total. The number of thiocarbonyl (C=S) groups is 1. The molecular weight excluding hydrogens is 159 g/mol. The van der Waals surface area contributed by atoms with Crippen molar-refractivity contribution in [2.45, 2.75) is 12.8 Å². The molecule has 0 unspecified atom stereocenters. The molecular formula is C9H9FS. The van der Waals surface area contributed by atoms with E-state index >= 15 is 0 Å². The van der Waals surface area contributed by atoms with E-state index in [-0.39, 0.29) is 12.2 Å². The molecule has 0 radical (unpaired) electrons. The van der Waals surface area contributed by atoms with Crippen molar-refractivity contribution in [2.24, 2.45) is 0 Å². The number of allylic oxidation sites excluding steroid dienone is 5. The standard InChI is InChI=1S/C9H9FS/c1-7(10)5-8-3-2-4-9(11)6-8/h2-3,6H,1,4-5H2. The summed E-state index contributed by atoms with van der Waals surface area (Å²) in [6.07, 6.45) is 6.76. The summed E-state index contributed by atoms with van der Waals surface area (Å²) in [6.45, 7) is 3.19. The Balaban J connectivity index is 2.64. The van der Waals surface area contributed by atoms with Gasteiger partial charge in [-0.15, -0.1) is 0 Å². The van der Waals surface area contributed by atoms with Gasteiger partial charge < -0.3 is 0 Å². The summed E-state index contributed by atoms with van der Waals surface area (Å²) in [5.41, 5.74) is 0.911. The largest absolute Gasteiger partial charge is 0.212 e. The first-order valence-electron chi connectivity index (χ1n) is 3.41. The molecule has 0 atom stereocenters. The third-order valence-corrected chi connectivity index (χ3v) is 1.68. The van der Waals surface area contributed by atoms with Gasteiger partial charge >= 0.3 is 0 Å². The SMILES string of the molecule is C=C(F)CC1=CC(=S)CC=C1. The van der Waals surface area contributed by atoms with Crippen LogP contribution in [-0.2, 0) is 0 Å². The monoisotopic (exact) mass is 168 g/mol. The van der Waals surface area contributed by atoms with Crippen LogP contribution in [0.3, 0.4) is 0 Å². The van der Waals surface area contributed by atoms with Crippen molar-refractivity contribution in [3.05, 3.63) is 36.2 Å². The quantitative estimate of drug-likeness (QED) is 0.571. The normalized spacial score (nSPS) is 16.5. The first-order valence-corrected chi connectivity index (χ1v) is 3.82. The molecule has 1 rings (SSSR count). The zero-order valence-electron chi connectivity index (χ0n) is 6.14. The summed E-state index contributed by atoms with van der Waals surface area (Å²) in [4.78, 5) is 0.865. The highest BCUT2D eigenvalue weighted by molar-refractivity contribution is 7.80. The fraction of sp³-hybridized carbons (Fsp3) is 0.222. The maximum absolute atomic E-state index is 12.3. The Morgan fingerprint density at radius 2 is 2.45 bits per heavy atom. The lowest BCUT2D eigenvalue weighted by Crippen LogP contribution is -1.94. The lowest BCUT2D eigenvalue weighted by molar-refractivity contribution is 0.618. The van der Waals surface area contributed by atoms with E-state index < -0.39 is 0 Å². The molecule has 0 spiro atoms. The van der Waals surface area contributed by atoms with E-state index in [1.165, 1.54) is 0 Å². The van der Waals surface area contributed by atoms with Gasteiger partial charge in [0.15, 0.2) is 0 Å². The van der Waals surface area contributed by atoms with Gasteiger partial charge in [-0.3, -0.25) is 0 Å². The van der Waals surface area contributed by atoms with Gasteiger partial charge in [0.25, 0.3) is 0 Å². The average molecular weight is 168 g/mol. The summed E-state index contributed by atoms with van der Waals surface area (Å²) in [6, 6.07) is 0. The lowest BCUT2D eigenvalue weighted by Gasteiger charge is -2.04. The molecule has 0 aliphatic heterocycles. The van der Waals surface area contributed by atoms with Crippen LogP contribution in [0.4, 0.5) is 4.39 Å². The van der Waals surface area contributed by atoms with Crippen molar-refractivity contribution < 1.29 is 4.39 Å². The molecule has 0 amide bonds. The molecule has 0 nitrogen and oxygen atoms in total. The maximum atomic E-state index is 12.3. The van der Waals surface area contributed by atoms with Crippen molar-refractivity contribution in [3.8, 4) is 0 Å². The zero-order chi connectivity index (χ0) is 8.27. The molecule has 1 aliphatic carbocycles. The second kappa shape index (κ2) is 3.58. The smallest absolute Gasteiger partial charge is 0.0971 e. The van der Waals surface area contributed by atoms with Crippen LogP contribution in [-0.4, -0.2) is 4.86 Å². The molecule has 0 aromatic heterocycles. The van der Waals surface area contributed by atoms with E-state index in [1.807, 2.05) is 18.2 Å². The molecule has 0 aromatic carbocycles. The van der Waals surface area contributed by atoms with Gasteiger partial charge in [-0.2, -0.15) is 0 Å². The lowest BCUT2D eigenvalue weighted by atomic mass is 10.0. The highest BCUT2D eigenvalue weighted by Crippen LogP contribution is 2.16. The van der Waals surface area contributed by atoms with E-state index in [0.29, 0.717) is 0 Å². The van der Waals surface area contributed by atoms with Crippen LogP contribution < -0.4 is 0 Å². The molecule has 0 aromatic rings. The molecule has 1 aliphatic rings. The van der Waals surface area contributed by atoms with Crippen LogP contribution in [0.2, 0.25) is 0 Å². The third kappa shape index (κ3) is 2.76. The molecule has 0 saturated carbocycles. The van der Waals surface area contributed by atoms with Gasteiger partial charge in [0, 0.05) is 17.7 Å². The van der Waals surface area contributed by atoms with Gasteiger partial charge in [0.1, 0.15) is 0 Å². The van der Waals surface area contributed by atoms with Crippen molar-refractivity contribution in [1.29, 1.82) is 0 Å². The molecule has 0 heterocycles. The van der Waals surface area contributed by atoms with Crippen LogP contribution in [0.5, 0.6) is 0 Å². The van der Waals surface area contributed by atoms with Gasteiger partial charge in [-0.05, 0) is 11.6 Å². The summed E-state index contributed by atoms with van der Waals surface area (Å²) < 4.78 is 12.3. The Kier molecular flexibility index (Phi) is 2.71. The van der Waals surface area contributed by atoms with E-state index in [0.717, 1.165) is 16.9 Å². The summed E-state index contributed by atoms with van der Waals surface area (Å²) in [7, 11) is 0. The van der Waals surface area contributed by atoms with Gasteiger partial charge in [0.2, 0.25) is 0 Å². The minimum atomic E-state index is -0.314. The minimum absolute atomic E-state index is 0.288. The van der Waals surface area contributed by atoms with E-state index in [9.17, 15) is 4.39 Å². The van der Waals surface area contributed by atoms with Crippen molar-refractivity contribution >= 4 is 17.1 Å². The Morgan fingerprint density at radius 3 is 3.00 bits per heavy atom. The van der Waals surface area contributed by atoms with Crippen LogP contribution in [0, 0.1) is 0 Å². The minimum Gasteiger partial charge on any atom is -0.212 e. The van der Waals surface area contributed by atoms with Crippen molar-refractivity contribution in [2.75, 3.05) is 0 Å². The Hall–Kier alpha value is -0.760. The molecule has 2 heteroatoms. The molecule has 58 valence electrons. The van der Waals surface area contributed by atoms with Crippen molar-refractivity contribution in [3.63, 3.8) is 0 Å². The van der Waals surface area contributed by atoms with Gasteiger partial charge in [-0.25, -0.2) is 4.39 Å². The second-order valence-electron chi connectivity index (χ2n) is 2.49. The van der Waals surface area contributed by atoms with Crippen LogP contribution >= 0.6 is 12.2 Å². The predicted octanol–water partition coefficient (Wildman–Crippen LogP) is 3.12. The predicted molar refractivity (Wildman–Crippen MR) is 49.3 cm³/mol. The van der Waals surface area contributed by atoms with E-state index in [2.05, 4.69) is 6.58 Å². The fourth-order valence-corrected chi connectivity index (χ4v) is 1.22. The Labute approximate surface area is 71.1 Å². The number of halogens is 1. The second-order valence-corrected chi connectivity index (χ2v) is 3.01. The van der Waals surface area contributed by atoms with Crippen LogP contribution in [0.1, 0.15) is 12.8 Å². The molecule has 0 bridgehead atoms. The molecule has 0 fully saturated rings. The first kappa shape index (κ1) is 8.34. The van der Waals surface area contributed by atoms with Gasteiger partial charge in [0.05, 0.1) is 5.83 Å². The molecule has 0 saturated heterocycles. The first-order chi connectivity index (χ1) is 5.18. The highest BCUT2D eigenvalue weighted by atomic mass is 32.1. The Morgan fingerprint density at radius 1 is 1.73 bits per heavy atom. The maximum Gasteiger partial charge on any atom is 0.0971 e. The Bertz CT molecular complexity index is 248. The van der Waals surface area contributed by atoms with Crippen LogP contribution in [0.25, 0.3) is 0 Å². The van der Waals surface area contributed by atoms with E-state index in [1.54, 1.807) is 0 Å². The average Bonchev–Trinajstić information content (AvgIpc) is 1.85. The summed E-state index contributed by atoms with van der Waals surface area (Å²) in [5.74, 6) is -0.314.